The highest BCUT2D eigenvalue weighted by Gasteiger charge is 2.25. The lowest BCUT2D eigenvalue weighted by atomic mass is 10.9. The van der Waals surface area contributed by atoms with Gasteiger partial charge < -0.3 is 10.1 Å². The second-order valence-electron chi connectivity index (χ2n) is 2.47. The lowest BCUT2D eigenvalue weighted by Crippen LogP contribution is -2.21. The summed E-state index contributed by atoms with van der Waals surface area (Å²) in [6, 6.07) is -0.817. The summed E-state index contributed by atoms with van der Waals surface area (Å²) < 4.78 is 1.36. The standard InChI is InChI=1S/C5H2ClN7O3/c6-3-9-4(13(15)16)10-12(3)5(14)11-2-7-1-8-11/h1-2H. The lowest BCUT2D eigenvalue weighted by molar-refractivity contribution is -0.394. The summed E-state index contributed by atoms with van der Waals surface area (Å²) in [7, 11) is 0. The average Bonchev–Trinajstić information content (AvgIpc) is 2.84. The number of rotatable bonds is 1. The van der Waals surface area contributed by atoms with E-state index >= 15 is 0 Å². The molecule has 0 fully saturated rings. The SMILES string of the molecule is O=C(n1cncn1)n1nc([N+](=O)[O-])nc1Cl. The molecule has 0 unspecified atom stereocenters. The summed E-state index contributed by atoms with van der Waals surface area (Å²) in [5.41, 5.74) is 0. The topological polar surface area (TPSA) is 122 Å². The van der Waals surface area contributed by atoms with Crippen LogP contribution in [-0.2, 0) is 0 Å². The average molecular weight is 244 g/mol. The Balaban J connectivity index is 2.41. The van der Waals surface area contributed by atoms with Gasteiger partial charge in [0.05, 0.1) is 0 Å². The molecule has 0 radical (unpaired) electrons. The Morgan fingerprint density at radius 1 is 1.56 bits per heavy atom. The number of halogens is 1. The lowest BCUT2D eigenvalue weighted by Gasteiger charge is -1.93. The number of carbonyl (C=O) groups excluding carboxylic acids is 1. The van der Waals surface area contributed by atoms with Gasteiger partial charge in [0.25, 0.3) is 0 Å². The monoisotopic (exact) mass is 243 g/mol. The fourth-order valence-corrected chi connectivity index (χ4v) is 1.07. The highest BCUT2D eigenvalue weighted by atomic mass is 35.5. The van der Waals surface area contributed by atoms with E-state index in [-0.39, 0.29) is 0 Å². The molecule has 2 heterocycles. The van der Waals surface area contributed by atoms with Crippen LogP contribution < -0.4 is 0 Å². The van der Waals surface area contributed by atoms with Crippen LogP contribution in [0.3, 0.4) is 0 Å². The second-order valence-corrected chi connectivity index (χ2v) is 2.81. The Hall–Kier alpha value is -2.36. The van der Waals surface area contributed by atoms with Gasteiger partial charge in [0.1, 0.15) is 12.7 Å². The van der Waals surface area contributed by atoms with E-state index in [0.717, 1.165) is 17.3 Å². The predicted octanol–water partition coefficient (Wildman–Crippen LogP) is -0.0524. The first-order valence-corrected chi connectivity index (χ1v) is 4.13. The van der Waals surface area contributed by atoms with E-state index < -0.39 is 22.2 Å². The van der Waals surface area contributed by atoms with Crippen molar-refractivity contribution in [3.05, 3.63) is 28.1 Å². The van der Waals surface area contributed by atoms with E-state index in [1.54, 1.807) is 0 Å². The molecule has 0 saturated heterocycles. The van der Waals surface area contributed by atoms with Crippen molar-refractivity contribution in [1.82, 2.24) is 29.5 Å². The van der Waals surface area contributed by atoms with Crippen LogP contribution >= 0.6 is 11.6 Å². The zero-order valence-electron chi connectivity index (χ0n) is 7.39. The molecule has 0 aromatic carbocycles. The van der Waals surface area contributed by atoms with Gasteiger partial charge in [-0.3, -0.25) is 0 Å². The van der Waals surface area contributed by atoms with Crippen molar-refractivity contribution in [3.8, 4) is 0 Å². The molecule has 0 N–H and O–H groups in total. The van der Waals surface area contributed by atoms with Gasteiger partial charge in [-0.2, -0.15) is 9.78 Å². The Morgan fingerprint density at radius 2 is 2.31 bits per heavy atom. The van der Waals surface area contributed by atoms with Crippen LogP contribution in [0.15, 0.2) is 12.7 Å². The molecule has 0 aliphatic carbocycles. The van der Waals surface area contributed by atoms with Crippen molar-refractivity contribution in [2.24, 2.45) is 0 Å². The summed E-state index contributed by atoms with van der Waals surface area (Å²) in [6.45, 7) is 0. The number of hydrogen-bond acceptors (Lipinski definition) is 7. The molecule has 0 saturated carbocycles. The molecular formula is C5H2ClN7O3. The van der Waals surface area contributed by atoms with Crippen LogP contribution in [0, 0.1) is 10.1 Å². The fourth-order valence-electron chi connectivity index (χ4n) is 0.886. The van der Waals surface area contributed by atoms with Crippen molar-refractivity contribution in [3.63, 3.8) is 0 Å². The van der Waals surface area contributed by atoms with Crippen molar-refractivity contribution in [1.29, 1.82) is 0 Å². The Morgan fingerprint density at radius 3 is 2.81 bits per heavy atom. The van der Waals surface area contributed by atoms with Crippen molar-refractivity contribution < 1.29 is 9.72 Å². The van der Waals surface area contributed by atoms with Gasteiger partial charge in [-0.05, 0) is 21.5 Å². The fraction of sp³-hybridized carbons (Fsp3) is 0. The van der Waals surface area contributed by atoms with Crippen LogP contribution in [0.25, 0.3) is 0 Å². The van der Waals surface area contributed by atoms with Crippen molar-refractivity contribution in [2.45, 2.75) is 0 Å². The molecular weight excluding hydrogens is 242 g/mol. The summed E-state index contributed by atoms with van der Waals surface area (Å²) in [5, 5.41) is 16.7. The minimum Gasteiger partial charge on any atom is -0.390 e. The molecule has 0 amide bonds. The number of carbonyl (C=O) groups is 1. The Bertz CT molecular complexity index is 546. The minimum atomic E-state index is -0.864. The largest absolute Gasteiger partial charge is 0.493 e. The first kappa shape index (κ1) is 10.2. The minimum absolute atomic E-state index is 0.424. The molecule has 0 atom stereocenters. The van der Waals surface area contributed by atoms with E-state index in [1.807, 2.05) is 0 Å². The molecule has 2 aromatic rings. The highest BCUT2D eigenvalue weighted by Crippen LogP contribution is 2.11. The third-order valence-corrected chi connectivity index (χ3v) is 1.76. The van der Waals surface area contributed by atoms with Gasteiger partial charge in [-0.15, -0.1) is 0 Å². The molecule has 0 aliphatic heterocycles. The molecule has 0 spiro atoms. The maximum absolute atomic E-state index is 11.6. The molecule has 16 heavy (non-hydrogen) atoms. The zero-order valence-corrected chi connectivity index (χ0v) is 8.14. The Kier molecular flexibility index (Phi) is 2.32. The van der Waals surface area contributed by atoms with Gasteiger partial charge in [-0.25, -0.2) is 9.78 Å². The first-order valence-electron chi connectivity index (χ1n) is 3.76. The second kappa shape index (κ2) is 3.66. The van der Waals surface area contributed by atoms with Gasteiger partial charge in [0.15, 0.2) is 0 Å². The van der Waals surface area contributed by atoms with Crippen LogP contribution in [0.5, 0.6) is 0 Å². The van der Waals surface area contributed by atoms with E-state index in [9.17, 15) is 14.9 Å². The van der Waals surface area contributed by atoms with E-state index in [2.05, 4.69) is 20.2 Å². The molecule has 0 aliphatic rings. The van der Waals surface area contributed by atoms with Crippen LogP contribution in [-0.4, -0.2) is 40.5 Å². The molecule has 11 heteroatoms. The highest BCUT2D eigenvalue weighted by molar-refractivity contribution is 6.29. The predicted molar refractivity (Wildman–Crippen MR) is 47.9 cm³/mol. The first-order chi connectivity index (χ1) is 7.59. The number of nitrogens with zero attached hydrogens (tertiary/aromatic N) is 7. The summed E-state index contributed by atoms with van der Waals surface area (Å²) in [5.74, 6) is -0.765. The maximum Gasteiger partial charge on any atom is 0.493 e. The van der Waals surface area contributed by atoms with E-state index in [1.165, 1.54) is 0 Å². The molecule has 10 nitrogen and oxygen atoms in total. The van der Waals surface area contributed by atoms with Crippen molar-refractivity contribution >= 4 is 23.6 Å². The van der Waals surface area contributed by atoms with Crippen LogP contribution in [0.4, 0.5) is 10.7 Å². The van der Waals surface area contributed by atoms with Crippen LogP contribution in [0.1, 0.15) is 0 Å². The summed E-state index contributed by atoms with van der Waals surface area (Å²) >= 11 is 5.50. The zero-order chi connectivity index (χ0) is 11.7. The normalized spacial score (nSPS) is 10.3. The molecule has 82 valence electrons. The third-order valence-electron chi connectivity index (χ3n) is 1.52. The van der Waals surface area contributed by atoms with E-state index in [4.69, 9.17) is 11.6 Å². The Labute approximate surface area is 91.6 Å². The quantitative estimate of drug-likeness (QED) is 0.508. The number of hydrogen-bond donors (Lipinski definition) is 0. The number of aromatic nitrogens is 6. The molecule has 2 rings (SSSR count). The van der Waals surface area contributed by atoms with Gasteiger partial charge in [0, 0.05) is 5.10 Å². The smallest absolute Gasteiger partial charge is 0.390 e. The van der Waals surface area contributed by atoms with E-state index in [0.29, 0.717) is 4.68 Å². The molecule has 0 bridgehead atoms. The van der Waals surface area contributed by atoms with Gasteiger partial charge in [0.2, 0.25) is 0 Å². The van der Waals surface area contributed by atoms with Gasteiger partial charge in [-0.1, -0.05) is 4.68 Å². The maximum atomic E-state index is 11.6. The summed E-state index contributed by atoms with van der Waals surface area (Å²) in [6.07, 6.45) is 2.23. The summed E-state index contributed by atoms with van der Waals surface area (Å²) in [4.78, 5) is 27.9. The van der Waals surface area contributed by atoms with Gasteiger partial charge >= 0.3 is 17.3 Å². The third kappa shape index (κ3) is 1.61. The number of nitro groups is 1. The van der Waals surface area contributed by atoms with Crippen molar-refractivity contribution in [2.75, 3.05) is 0 Å². The van der Waals surface area contributed by atoms with Crippen LogP contribution in [0.2, 0.25) is 5.28 Å². The molecule has 2 aromatic heterocycles.